The minimum atomic E-state index is -0.00463. The molecule has 1 heterocycles. The van der Waals surface area contributed by atoms with E-state index in [1.807, 2.05) is 6.21 Å². The first-order chi connectivity index (χ1) is 3.80. The van der Waals surface area contributed by atoms with Crippen molar-refractivity contribution in [3.63, 3.8) is 0 Å². The molecule has 0 saturated carbocycles. The summed E-state index contributed by atoms with van der Waals surface area (Å²) in [6.07, 6.45) is 3.73. The van der Waals surface area contributed by atoms with Gasteiger partial charge in [-0.1, -0.05) is 0 Å². The fourth-order valence-electron chi connectivity index (χ4n) is 0.817. The van der Waals surface area contributed by atoms with E-state index in [0.29, 0.717) is 0 Å². The Kier molecular flexibility index (Phi) is 1.42. The van der Waals surface area contributed by atoms with Crippen molar-refractivity contribution in [2.75, 3.05) is 0 Å². The fraction of sp³-hybridized carbons (Fsp3) is 0.667. The van der Waals surface area contributed by atoms with Crippen molar-refractivity contribution >= 4 is 12.0 Å². The molecule has 0 unspecified atom stereocenters. The number of rotatable bonds is 1. The lowest BCUT2D eigenvalue weighted by atomic mass is 10.1. The Labute approximate surface area is 48.6 Å². The molecule has 0 aromatic carbocycles. The number of aliphatic imine (C=N–C) groups is 1. The molecule has 0 amide bonds. The second-order valence-corrected chi connectivity index (χ2v) is 2.04. The highest BCUT2D eigenvalue weighted by Gasteiger charge is 2.13. The van der Waals surface area contributed by atoms with E-state index in [0.717, 1.165) is 12.8 Å². The smallest absolute Gasteiger partial charge is 0.154 e. The molecule has 1 rings (SSSR count). The molecule has 44 valence electrons. The van der Waals surface area contributed by atoms with Crippen LogP contribution < -0.4 is 0 Å². The molecule has 0 radical (unpaired) electrons. The summed E-state index contributed by atoms with van der Waals surface area (Å²) >= 11 is 0. The number of hydrogen-bond donors (Lipinski definition) is 0. The number of carbonyl (C=O) groups excluding carboxylic acids is 1. The number of Topliss-reactive ketones (excluding diaryl/α,β-unsaturated/α-hetero) is 1. The lowest BCUT2D eigenvalue weighted by molar-refractivity contribution is -0.118. The van der Waals surface area contributed by atoms with E-state index < -0.39 is 0 Å². The van der Waals surface area contributed by atoms with Gasteiger partial charge in [-0.15, -0.1) is 0 Å². The molecule has 0 spiro atoms. The second kappa shape index (κ2) is 2.07. The number of ketones is 1. The average Bonchev–Trinajstić information content (AvgIpc) is 2.12. The van der Waals surface area contributed by atoms with Crippen molar-refractivity contribution in [1.82, 2.24) is 0 Å². The third-order valence-electron chi connectivity index (χ3n) is 1.32. The third kappa shape index (κ3) is 0.941. The van der Waals surface area contributed by atoms with Crippen LogP contribution in [0.5, 0.6) is 0 Å². The van der Waals surface area contributed by atoms with Crippen LogP contribution in [0.1, 0.15) is 19.8 Å². The minimum absolute atomic E-state index is 0.00463. The van der Waals surface area contributed by atoms with E-state index in [1.54, 1.807) is 6.92 Å². The Morgan fingerprint density at radius 1 is 1.88 bits per heavy atom. The Hall–Kier alpha value is -0.660. The van der Waals surface area contributed by atoms with Gasteiger partial charge in [0.25, 0.3) is 0 Å². The highest BCUT2D eigenvalue weighted by Crippen LogP contribution is 2.07. The van der Waals surface area contributed by atoms with Crippen molar-refractivity contribution in [2.45, 2.75) is 25.8 Å². The Bertz CT molecular complexity index is 128. The monoisotopic (exact) mass is 111 g/mol. The van der Waals surface area contributed by atoms with Gasteiger partial charge in [-0.05, 0) is 26.0 Å². The van der Waals surface area contributed by atoms with Gasteiger partial charge in [-0.2, -0.15) is 0 Å². The zero-order valence-electron chi connectivity index (χ0n) is 4.92. The summed E-state index contributed by atoms with van der Waals surface area (Å²) in [5, 5.41) is 0. The van der Waals surface area contributed by atoms with Crippen molar-refractivity contribution < 1.29 is 4.79 Å². The fourth-order valence-corrected chi connectivity index (χ4v) is 0.817. The quantitative estimate of drug-likeness (QED) is 0.492. The van der Waals surface area contributed by atoms with Gasteiger partial charge in [0.2, 0.25) is 0 Å². The van der Waals surface area contributed by atoms with Crippen LogP contribution in [0.25, 0.3) is 0 Å². The van der Waals surface area contributed by atoms with Crippen LogP contribution in [0.4, 0.5) is 0 Å². The first-order valence-electron chi connectivity index (χ1n) is 2.83. The summed E-state index contributed by atoms with van der Waals surface area (Å²) in [6, 6.07) is -0.00463. The molecule has 0 N–H and O–H groups in total. The van der Waals surface area contributed by atoms with Gasteiger partial charge in [0.15, 0.2) is 5.78 Å². The largest absolute Gasteiger partial charge is 0.298 e. The van der Waals surface area contributed by atoms with Gasteiger partial charge < -0.3 is 0 Å². The topological polar surface area (TPSA) is 29.4 Å². The van der Waals surface area contributed by atoms with Crippen molar-refractivity contribution in [1.29, 1.82) is 0 Å². The number of nitrogens with zero attached hydrogens (tertiary/aromatic N) is 1. The standard InChI is InChI=1S/C6H9NO/c1-5(8)6-3-2-4-7-6/h4,6H,2-3H2,1H3/t6-/m1/s1. The molecule has 0 aliphatic carbocycles. The minimum Gasteiger partial charge on any atom is -0.298 e. The van der Waals surface area contributed by atoms with E-state index in [2.05, 4.69) is 4.99 Å². The van der Waals surface area contributed by atoms with Gasteiger partial charge >= 0.3 is 0 Å². The van der Waals surface area contributed by atoms with Crippen molar-refractivity contribution in [2.24, 2.45) is 4.99 Å². The number of hydrogen-bond acceptors (Lipinski definition) is 2. The predicted molar refractivity (Wildman–Crippen MR) is 32.2 cm³/mol. The predicted octanol–water partition coefficient (Wildman–Crippen LogP) is 0.809. The summed E-state index contributed by atoms with van der Waals surface area (Å²) in [5.41, 5.74) is 0. The van der Waals surface area contributed by atoms with Gasteiger partial charge in [0.1, 0.15) is 6.04 Å². The van der Waals surface area contributed by atoms with Crippen LogP contribution in [-0.4, -0.2) is 18.0 Å². The van der Waals surface area contributed by atoms with Crippen LogP contribution in [-0.2, 0) is 4.79 Å². The molecule has 1 aliphatic heterocycles. The van der Waals surface area contributed by atoms with Crippen LogP contribution in [0.3, 0.4) is 0 Å². The van der Waals surface area contributed by atoms with Crippen molar-refractivity contribution in [3.8, 4) is 0 Å². The molecule has 1 aliphatic rings. The zero-order valence-corrected chi connectivity index (χ0v) is 4.92. The Balaban J connectivity index is 2.48. The van der Waals surface area contributed by atoms with Crippen LogP contribution in [0, 0.1) is 0 Å². The molecule has 0 bridgehead atoms. The van der Waals surface area contributed by atoms with Gasteiger partial charge in [-0.3, -0.25) is 9.79 Å². The van der Waals surface area contributed by atoms with E-state index >= 15 is 0 Å². The lowest BCUT2D eigenvalue weighted by Gasteiger charge is -1.96. The molecule has 0 saturated heterocycles. The first kappa shape index (κ1) is 5.48. The maximum atomic E-state index is 10.5. The van der Waals surface area contributed by atoms with Gasteiger partial charge in [-0.25, -0.2) is 0 Å². The van der Waals surface area contributed by atoms with E-state index in [4.69, 9.17) is 0 Å². The first-order valence-corrected chi connectivity index (χ1v) is 2.83. The van der Waals surface area contributed by atoms with E-state index in [9.17, 15) is 4.79 Å². The molecular weight excluding hydrogens is 102 g/mol. The molecule has 0 fully saturated rings. The summed E-state index contributed by atoms with van der Waals surface area (Å²) in [5.74, 6) is 0.193. The SMILES string of the molecule is CC(=O)[C@H]1CCC=N1. The highest BCUT2D eigenvalue weighted by atomic mass is 16.1. The highest BCUT2D eigenvalue weighted by molar-refractivity contribution is 5.84. The normalized spacial score (nSPS) is 26.4. The zero-order chi connectivity index (χ0) is 5.98. The number of carbonyl (C=O) groups is 1. The molecule has 2 nitrogen and oxygen atoms in total. The van der Waals surface area contributed by atoms with Gasteiger partial charge in [0, 0.05) is 0 Å². The van der Waals surface area contributed by atoms with Crippen LogP contribution >= 0.6 is 0 Å². The summed E-state index contributed by atoms with van der Waals surface area (Å²) in [4.78, 5) is 14.5. The van der Waals surface area contributed by atoms with Gasteiger partial charge in [0.05, 0.1) is 0 Å². The van der Waals surface area contributed by atoms with Crippen LogP contribution in [0.15, 0.2) is 4.99 Å². The average molecular weight is 111 g/mol. The summed E-state index contributed by atoms with van der Waals surface area (Å²) in [7, 11) is 0. The molecule has 1 atom stereocenters. The molecular formula is C6H9NO. The van der Waals surface area contributed by atoms with Crippen molar-refractivity contribution in [3.05, 3.63) is 0 Å². The van der Waals surface area contributed by atoms with E-state index in [1.165, 1.54) is 0 Å². The molecule has 0 aromatic rings. The maximum Gasteiger partial charge on any atom is 0.154 e. The maximum absolute atomic E-state index is 10.5. The lowest BCUT2D eigenvalue weighted by Crippen LogP contribution is -2.10. The Morgan fingerprint density at radius 2 is 2.62 bits per heavy atom. The molecule has 2 heteroatoms. The van der Waals surface area contributed by atoms with E-state index in [-0.39, 0.29) is 11.8 Å². The van der Waals surface area contributed by atoms with Crippen LogP contribution in [0.2, 0.25) is 0 Å². The molecule has 0 aromatic heterocycles. The second-order valence-electron chi connectivity index (χ2n) is 2.04. The Morgan fingerprint density at radius 3 is 2.88 bits per heavy atom. The molecule has 8 heavy (non-hydrogen) atoms. The third-order valence-corrected chi connectivity index (χ3v) is 1.32. The summed E-state index contributed by atoms with van der Waals surface area (Å²) < 4.78 is 0. The summed E-state index contributed by atoms with van der Waals surface area (Å²) in [6.45, 7) is 1.59.